The van der Waals surface area contributed by atoms with E-state index in [2.05, 4.69) is 4.72 Å². The Bertz CT molecular complexity index is 773. The Morgan fingerprint density at radius 3 is 2.39 bits per heavy atom. The molecule has 1 atom stereocenters. The average Bonchev–Trinajstić information content (AvgIpc) is 2.52. The van der Waals surface area contributed by atoms with Crippen molar-refractivity contribution in [2.24, 2.45) is 0 Å². The smallest absolute Gasteiger partial charge is 0.241 e. The largest absolute Gasteiger partial charge is 0.383 e. The molecule has 0 amide bonds. The summed E-state index contributed by atoms with van der Waals surface area (Å²) in [7, 11) is 1.85. The van der Waals surface area contributed by atoms with E-state index in [9.17, 15) is 8.42 Å². The van der Waals surface area contributed by atoms with Crippen LogP contribution in [0, 0.1) is 0 Å². The van der Waals surface area contributed by atoms with E-state index in [0.717, 1.165) is 16.5 Å². The summed E-state index contributed by atoms with van der Waals surface area (Å²) in [4.78, 5) is 2.28. The third-order valence-corrected chi connectivity index (χ3v) is 5.39. The van der Waals surface area contributed by atoms with Crippen LogP contribution >= 0.6 is 0 Å². The van der Waals surface area contributed by atoms with Crippen molar-refractivity contribution in [3.8, 4) is 0 Å². The summed E-state index contributed by atoms with van der Waals surface area (Å²) in [5, 5.41) is 1.64. The Kier molecular flexibility index (Phi) is 5.62. The third-order valence-electron chi connectivity index (χ3n) is 3.81. The molecule has 2 aromatic carbocycles. The zero-order valence-corrected chi connectivity index (χ0v) is 14.9. The maximum atomic E-state index is 12.8. The summed E-state index contributed by atoms with van der Waals surface area (Å²) in [5.74, 6) is 0. The first kappa shape index (κ1) is 17.7. The normalized spacial score (nSPS) is 13.2. The Morgan fingerprint density at radius 2 is 1.78 bits per heavy atom. The minimum Gasteiger partial charge on any atom is -0.383 e. The molecule has 0 saturated carbocycles. The van der Waals surface area contributed by atoms with Crippen molar-refractivity contribution < 1.29 is 13.2 Å². The number of nitrogens with one attached hydrogen (secondary N) is 1. The average molecular weight is 336 g/mol. The fraction of sp³-hybridized carbons (Fsp3) is 0.412. The molecule has 0 aliphatic rings. The summed E-state index contributed by atoms with van der Waals surface area (Å²) in [6.07, 6.45) is 0.667. The summed E-state index contributed by atoms with van der Waals surface area (Å²) >= 11 is 0. The summed E-state index contributed by atoms with van der Waals surface area (Å²) < 4.78 is 33.4. The van der Waals surface area contributed by atoms with E-state index in [1.165, 1.54) is 0 Å². The van der Waals surface area contributed by atoms with Gasteiger partial charge in [-0.2, -0.15) is 0 Å². The second-order valence-electron chi connectivity index (χ2n) is 5.70. The first-order chi connectivity index (χ1) is 10.9. The number of hydrogen-bond acceptors (Lipinski definition) is 4. The molecule has 0 radical (unpaired) electrons. The Morgan fingerprint density at radius 1 is 1.13 bits per heavy atom. The van der Waals surface area contributed by atoms with E-state index < -0.39 is 10.0 Å². The van der Waals surface area contributed by atoms with E-state index >= 15 is 0 Å². The predicted molar refractivity (Wildman–Crippen MR) is 94.6 cm³/mol. The van der Waals surface area contributed by atoms with Crippen LogP contribution in [0.1, 0.15) is 13.3 Å². The van der Waals surface area contributed by atoms with Crippen molar-refractivity contribution in [3.63, 3.8) is 0 Å². The van der Waals surface area contributed by atoms with E-state index in [-0.39, 0.29) is 6.04 Å². The van der Waals surface area contributed by atoms with Crippen LogP contribution in [0.2, 0.25) is 0 Å². The van der Waals surface area contributed by atoms with Crippen molar-refractivity contribution in [3.05, 3.63) is 36.4 Å². The zero-order valence-electron chi connectivity index (χ0n) is 14.0. The van der Waals surface area contributed by atoms with Crippen LogP contribution in [0.15, 0.2) is 41.3 Å². The monoisotopic (exact) mass is 336 g/mol. The van der Waals surface area contributed by atoms with Gasteiger partial charge in [0.05, 0.1) is 11.5 Å². The molecule has 1 N–H and O–H groups in total. The van der Waals surface area contributed by atoms with Gasteiger partial charge < -0.3 is 9.64 Å². The van der Waals surface area contributed by atoms with Crippen LogP contribution in [0.25, 0.3) is 10.8 Å². The minimum atomic E-state index is -3.61. The topological polar surface area (TPSA) is 58.6 Å². The van der Waals surface area contributed by atoms with Gasteiger partial charge in [0.2, 0.25) is 10.0 Å². The molecular weight excluding hydrogens is 312 g/mol. The molecule has 0 spiro atoms. The van der Waals surface area contributed by atoms with Gasteiger partial charge in [0.15, 0.2) is 0 Å². The first-order valence-corrected chi connectivity index (χ1v) is 9.09. The zero-order chi connectivity index (χ0) is 17.0. The second-order valence-corrected chi connectivity index (χ2v) is 7.39. The SMILES string of the molecule is CCC(COC)NS(=O)(=O)c1cccc2c(N(C)C)cccc12. The van der Waals surface area contributed by atoms with Crippen molar-refractivity contribution >= 4 is 26.5 Å². The van der Waals surface area contributed by atoms with Gasteiger partial charge in [0.25, 0.3) is 0 Å². The second kappa shape index (κ2) is 7.29. The van der Waals surface area contributed by atoms with Crippen LogP contribution in [-0.2, 0) is 14.8 Å². The highest BCUT2D eigenvalue weighted by molar-refractivity contribution is 7.89. The number of rotatable bonds is 7. The van der Waals surface area contributed by atoms with Crippen LogP contribution in [0.4, 0.5) is 5.69 Å². The number of hydrogen-bond donors (Lipinski definition) is 1. The van der Waals surface area contributed by atoms with Gasteiger partial charge in [0, 0.05) is 43.7 Å². The number of benzene rings is 2. The van der Waals surface area contributed by atoms with Crippen molar-refractivity contribution in [2.75, 3.05) is 32.7 Å². The predicted octanol–water partition coefficient (Wildman–Crippen LogP) is 2.61. The first-order valence-electron chi connectivity index (χ1n) is 7.61. The highest BCUT2D eigenvalue weighted by Gasteiger charge is 2.21. The van der Waals surface area contributed by atoms with Crippen molar-refractivity contribution in [2.45, 2.75) is 24.3 Å². The molecule has 2 aromatic rings. The van der Waals surface area contributed by atoms with Gasteiger partial charge in [-0.3, -0.25) is 0 Å². The van der Waals surface area contributed by atoms with Gasteiger partial charge in [-0.1, -0.05) is 31.2 Å². The highest BCUT2D eigenvalue weighted by atomic mass is 32.2. The summed E-state index contributed by atoms with van der Waals surface area (Å²) in [5.41, 5.74) is 0.989. The fourth-order valence-corrected chi connectivity index (χ4v) is 4.13. The maximum Gasteiger partial charge on any atom is 0.241 e. The standard InChI is InChI=1S/C17H24N2O3S/c1-5-13(12-22-4)18-23(20,21)17-11-7-8-14-15(17)9-6-10-16(14)19(2)3/h6-11,13,18H,5,12H2,1-4H3. The molecule has 23 heavy (non-hydrogen) atoms. The molecular formula is C17H24N2O3S. The fourth-order valence-electron chi connectivity index (χ4n) is 2.61. The summed E-state index contributed by atoms with van der Waals surface area (Å²) in [6, 6.07) is 10.8. The molecule has 2 rings (SSSR count). The minimum absolute atomic E-state index is 0.239. The van der Waals surface area contributed by atoms with Crippen molar-refractivity contribution in [1.82, 2.24) is 4.72 Å². The van der Waals surface area contributed by atoms with Crippen LogP contribution < -0.4 is 9.62 Å². The molecule has 0 bridgehead atoms. The van der Waals surface area contributed by atoms with E-state index in [4.69, 9.17) is 4.74 Å². The number of nitrogens with zero attached hydrogens (tertiary/aromatic N) is 1. The van der Waals surface area contributed by atoms with Crippen LogP contribution in [-0.4, -0.2) is 42.3 Å². The lowest BCUT2D eigenvalue weighted by Gasteiger charge is -2.19. The molecule has 6 heteroatoms. The maximum absolute atomic E-state index is 12.8. The molecule has 0 aliphatic carbocycles. The van der Waals surface area contributed by atoms with E-state index in [0.29, 0.717) is 17.9 Å². The van der Waals surface area contributed by atoms with Gasteiger partial charge in [0.1, 0.15) is 0 Å². The third kappa shape index (κ3) is 3.83. The Hall–Kier alpha value is -1.63. The number of ether oxygens (including phenoxy) is 1. The van der Waals surface area contributed by atoms with E-state index in [1.54, 1.807) is 19.2 Å². The number of fused-ring (bicyclic) bond motifs is 1. The quantitative estimate of drug-likeness (QED) is 0.844. The van der Waals surface area contributed by atoms with Gasteiger partial charge in [-0.15, -0.1) is 0 Å². The molecule has 126 valence electrons. The Labute approximate surface area is 138 Å². The Balaban J connectivity index is 2.53. The van der Waals surface area contributed by atoms with Gasteiger partial charge in [-0.25, -0.2) is 13.1 Å². The summed E-state index contributed by atoms with van der Waals surface area (Å²) in [6.45, 7) is 2.28. The lowest BCUT2D eigenvalue weighted by atomic mass is 10.1. The highest BCUT2D eigenvalue weighted by Crippen LogP contribution is 2.30. The van der Waals surface area contributed by atoms with E-state index in [1.807, 2.05) is 50.2 Å². The van der Waals surface area contributed by atoms with Crippen LogP contribution in [0.5, 0.6) is 0 Å². The number of sulfonamides is 1. The molecule has 0 saturated heterocycles. The molecule has 0 heterocycles. The lowest BCUT2D eigenvalue weighted by Crippen LogP contribution is -2.37. The number of methoxy groups -OCH3 is 1. The van der Waals surface area contributed by atoms with Crippen LogP contribution in [0.3, 0.4) is 0 Å². The molecule has 0 aromatic heterocycles. The van der Waals surface area contributed by atoms with Crippen molar-refractivity contribution in [1.29, 1.82) is 0 Å². The van der Waals surface area contributed by atoms with Gasteiger partial charge >= 0.3 is 0 Å². The molecule has 1 unspecified atom stereocenters. The molecule has 0 aliphatic heterocycles. The molecule has 0 fully saturated rings. The lowest BCUT2D eigenvalue weighted by molar-refractivity contribution is 0.173. The number of anilines is 1. The molecule has 5 nitrogen and oxygen atoms in total. The van der Waals surface area contributed by atoms with Gasteiger partial charge in [-0.05, 0) is 18.6 Å².